The Morgan fingerprint density at radius 1 is 1.50 bits per heavy atom. The second-order valence-corrected chi connectivity index (χ2v) is 5.91. The summed E-state index contributed by atoms with van der Waals surface area (Å²) in [6, 6.07) is 0. The number of aliphatic carboxylic acids is 1. The van der Waals surface area contributed by atoms with Gasteiger partial charge in [-0.25, -0.2) is 0 Å². The molecule has 0 saturated heterocycles. The van der Waals surface area contributed by atoms with Crippen LogP contribution in [-0.2, 0) is 23.5 Å². The molecule has 102 valence electrons. The lowest BCUT2D eigenvalue weighted by Gasteiger charge is -2.10. The first-order valence-electron chi connectivity index (χ1n) is 6.13. The van der Waals surface area contributed by atoms with E-state index in [1.807, 2.05) is 18.5 Å². The molecule has 1 aromatic rings. The summed E-state index contributed by atoms with van der Waals surface area (Å²) in [5.41, 5.74) is 2.12. The first-order chi connectivity index (χ1) is 8.54. The molecule has 1 atom stereocenters. The molecular formula is C12H19BrN2O2S. The number of aromatic nitrogens is 2. The van der Waals surface area contributed by atoms with Gasteiger partial charge >= 0.3 is 5.97 Å². The fourth-order valence-corrected chi connectivity index (χ4v) is 3.62. The molecule has 1 N–H and O–H groups in total. The number of halogens is 1. The number of carbonyl (C=O) groups is 1. The quantitative estimate of drug-likeness (QED) is 0.830. The average Bonchev–Trinajstić information content (AvgIpc) is 2.66. The molecule has 0 saturated carbocycles. The van der Waals surface area contributed by atoms with Crippen LogP contribution in [-0.4, -0.2) is 26.1 Å². The highest BCUT2D eigenvalue weighted by atomic mass is 79.9. The van der Waals surface area contributed by atoms with Crippen LogP contribution < -0.4 is 0 Å². The Balaban J connectivity index is 2.83. The number of aryl methyl sites for hydroxylation is 2. The molecule has 0 aromatic carbocycles. The fourth-order valence-electron chi connectivity index (χ4n) is 1.70. The van der Waals surface area contributed by atoms with Crippen molar-refractivity contribution in [3.05, 3.63) is 15.9 Å². The third-order valence-electron chi connectivity index (χ3n) is 2.76. The molecule has 0 aliphatic carbocycles. The molecule has 0 fully saturated rings. The van der Waals surface area contributed by atoms with E-state index in [1.165, 1.54) is 11.8 Å². The van der Waals surface area contributed by atoms with Crippen LogP contribution in [0.25, 0.3) is 0 Å². The minimum Gasteiger partial charge on any atom is -0.480 e. The highest BCUT2D eigenvalue weighted by Gasteiger charge is 2.19. The molecule has 6 heteroatoms. The van der Waals surface area contributed by atoms with E-state index < -0.39 is 5.97 Å². The zero-order valence-corrected chi connectivity index (χ0v) is 13.3. The van der Waals surface area contributed by atoms with E-state index in [0.717, 1.165) is 28.8 Å². The second-order valence-electron chi connectivity index (χ2n) is 3.92. The average molecular weight is 335 g/mol. The van der Waals surface area contributed by atoms with Crippen molar-refractivity contribution in [2.24, 2.45) is 0 Å². The third-order valence-corrected chi connectivity index (χ3v) is 5.05. The van der Waals surface area contributed by atoms with E-state index in [4.69, 9.17) is 5.11 Å². The van der Waals surface area contributed by atoms with Crippen molar-refractivity contribution in [1.29, 1.82) is 0 Å². The number of hydrogen-bond donors (Lipinski definition) is 1. The van der Waals surface area contributed by atoms with Crippen LogP contribution in [0.4, 0.5) is 0 Å². The summed E-state index contributed by atoms with van der Waals surface area (Å²) < 4.78 is 2.98. The number of hydrogen-bond acceptors (Lipinski definition) is 3. The van der Waals surface area contributed by atoms with Gasteiger partial charge in [0.15, 0.2) is 0 Å². The SMILES string of the molecule is CCc1nn(CC)c(CSC(CC)C(=O)O)c1Br. The summed E-state index contributed by atoms with van der Waals surface area (Å²) in [6.07, 6.45) is 1.51. The van der Waals surface area contributed by atoms with Crippen molar-refractivity contribution < 1.29 is 9.90 Å². The van der Waals surface area contributed by atoms with Gasteiger partial charge in [0.1, 0.15) is 5.25 Å². The predicted molar refractivity (Wildman–Crippen MR) is 78.0 cm³/mol. The maximum absolute atomic E-state index is 11.0. The molecule has 4 nitrogen and oxygen atoms in total. The molecule has 0 aliphatic rings. The van der Waals surface area contributed by atoms with E-state index >= 15 is 0 Å². The van der Waals surface area contributed by atoms with Crippen molar-refractivity contribution in [2.75, 3.05) is 0 Å². The van der Waals surface area contributed by atoms with Crippen LogP contribution in [0.1, 0.15) is 38.6 Å². The highest BCUT2D eigenvalue weighted by Crippen LogP contribution is 2.28. The Kier molecular flexibility index (Phi) is 6.21. The maximum atomic E-state index is 11.0. The Bertz CT molecular complexity index is 420. The largest absolute Gasteiger partial charge is 0.480 e. The van der Waals surface area contributed by atoms with Crippen LogP contribution >= 0.6 is 27.7 Å². The van der Waals surface area contributed by atoms with Gasteiger partial charge in [0.2, 0.25) is 0 Å². The molecule has 0 aliphatic heterocycles. The summed E-state index contributed by atoms with van der Waals surface area (Å²) in [5.74, 6) is -0.0661. The fraction of sp³-hybridized carbons (Fsp3) is 0.667. The number of thioether (sulfide) groups is 1. The standard InChI is InChI=1S/C12H19BrN2O2S/c1-4-8-11(13)9(15(6-3)14-8)7-18-10(5-2)12(16)17/h10H,4-7H2,1-3H3,(H,16,17). The van der Waals surface area contributed by atoms with Gasteiger partial charge < -0.3 is 5.11 Å². The van der Waals surface area contributed by atoms with E-state index in [2.05, 4.69) is 28.0 Å². The number of carboxylic acid groups (broad SMARTS) is 1. The molecule has 18 heavy (non-hydrogen) atoms. The van der Waals surface area contributed by atoms with Crippen LogP contribution in [0.2, 0.25) is 0 Å². The Morgan fingerprint density at radius 2 is 2.17 bits per heavy atom. The summed E-state index contributed by atoms with van der Waals surface area (Å²) in [4.78, 5) is 11.0. The maximum Gasteiger partial charge on any atom is 0.316 e. The minimum atomic E-state index is -0.739. The van der Waals surface area contributed by atoms with E-state index in [0.29, 0.717) is 12.2 Å². The molecule has 0 spiro atoms. The van der Waals surface area contributed by atoms with Gasteiger partial charge in [-0.2, -0.15) is 5.10 Å². The Morgan fingerprint density at radius 3 is 2.61 bits per heavy atom. The molecule has 0 amide bonds. The molecule has 1 unspecified atom stereocenters. The normalized spacial score (nSPS) is 12.7. The van der Waals surface area contributed by atoms with Crippen molar-refractivity contribution in [3.63, 3.8) is 0 Å². The zero-order valence-electron chi connectivity index (χ0n) is 10.9. The molecular weight excluding hydrogens is 316 g/mol. The highest BCUT2D eigenvalue weighted by molar-refractivity contribution is 9.10. The van der Waals surface area contributed by atoms with Gasteiger partial charge in [0.05, 0.1) is 15.9 Å². The number of carboxylic acids is 1. The van der Waals surface area contributed by atoms with Crippen LogP contribution in [0.3, 0.4) is 0 Å². The lowest BCUT2D eigenvalue weighted by molar-refractivity contribution is -0.136. The lowest BCUT2D eigenvalue weighted by atomic mass is 10.3. The number of nitrogens with zero attached hydrogens (tertiary/aromatic N) is 2. The van der Waals surface area contributed by atoms with Gasteiger partial charge in [-0.1, -0.05) is 13.8 Å². The molecule has 0 bridgehead atoms. The summed E-state index contributed by atoms with van der Waals surface area (Å²) in [7, 11) is 0. The molecule has 0 radical (unpaired) electrons. The molecule has 1 rings (SSSR count). The summed E-state index contributed by atoms with van der Waals surface area (Å²) >= 11 is 5.03. The predicted octanol–water partition coefficient (Wildman–Crippen LogP) is 3.32. The summed E-state index contributed by atoms with van der Waals surface area (Å²) in [6.45, 7) is 6.81. The van der Waals surface area contributed by atoms with Crippen LogP contribution in [0, 0.1) is 0 Å². The lowest BCUT2D eigenvalue weighted by Crippen LogP contribution is -2.15. The van der Waals surface area contributed by atoms with Gasteiger partial charge in [0, 0.05) is 12.3 Å². The topological polar surface area (TPSA) is 55.1 Å². The Hall–Kier alpha value is -0.490. The van der Waals surface area contributed by atoms with Crippen molar-refractivity contribution in [2.45, 2.75) is 51.2 Å². The monoisotopic (exact) mass is 334 g/mol. The Labute approximate surface area is 120 Å². The van der Waals surface area contributed by atoms with Gasteiger partial charge in [-0.15, -0.1) is 11.8 Å². The van der Waals surface area contributed by atoms with Gasteiger partial charge in [-0.3, -0.25) is 9.48 Å². The van der Waals surface area contributed by atoms with E-state index in [9.17, 15) is 4.79 Å². The van der Waals surface area contributed by atoms with Gasteiger partial charge in [-0.05, 0) is 35.7 Å². The smallest absolute Gasteiger partial charge is 0.316 e. The van der Waals surface area contributed by atoms with Gasteiger partial charge in [0.25, 0.3) is 0 Å². The third kappa shape index (κ3) is 3.51. The first kappa shape index (κ1) is 15.6. The van der Waals surface area contributed by atoms with Crippen molar-refractivity contribution in [3.8, 4) is 0 Å². The first-order valence-corrected chi connectivity index (χ1v) is 7.97. The van der Waals surface area contributed by atoms with Crippen LogP contribution in [0.15, 0.2) is 4.47 Å². The zero-order chi connectivity index (χ0) is 13.7. The minimum absolute atomic E-state index is 0.345. The van der Waals surface area contributed by atoms with Crippen molar-refractivity contribution in [1.82, 2.24) is 9.78 Å². The second kappa shape index (κ2) is 7.19. The van der Waals surface area contributed by atoms with Crippen molar-refractivity contribution >= 4 is 33.7 Å². The molecule has 1 aromatic heterocycles. The number of rotatable bonds is 7. The molecule has 1 heterocycles. The summed E-state index contributed by atoms with van der Waals surface area (Å²) in [5, 5.41) is 13.2. The van der Waals surface area contributed by atoms with E-state index in [1.54, 1.807) is 0 Å². The van der Waals surface area contributed by atoms with Crippen LogP contribution in [0.5, 0.6) is 0 Å². The van der Waals surface area contributed by atoms with E-state index in [-0.39, 0.29) is 5.25 Å².